The summed E-state index contributed by atoms with van der Waals surface area (Å²) in [6.07, 6.45) is 0. The minimum atomic E-state index is -0.700. The topological polar surface area (TPSA) is 76.7 Å². The van der Waals surface area contributed by atoms with Crippen molar-refractivity contribution in [1.29, 1.82) is 0 Å². The molecule has 0 saturated carbocycles. The highest BCUT2D eigenvalue weighted by molar-refractivity contribution is 6.33. The summed E-state index contributed by atoms with van der Waals surface area (Å²) in [6.45, 7) is 1.63. The summed E-state index contributed by atoms with van der Waals surface area (Å²) < 4.78 is 9.94. The normalized spacial score (nSPS) is 17.9. The number of allylic oxidation sites excluding steroid dienone is 1. The third-order valence-electron chi connectivity index (χ3n) is 3.20. The Labute approximate surface area is 127 Å². The predicted molar refractivity (Wildman–Crippen MR) is 77.1 cm³/mol. The van der Waals surface area contributed by atoms with Crippen molar-refractivity contribution in [2.75, 3.05) is 14.2 Å². The van der Waals surface area contributed by atoms with Gasteiger partial charge in [0.15, 0.2) is 0 Å². The molecule has 2 amide bonds. The number of amides is 2. The van der Waals surface area contributed by atoms with Gasteiger partial charge in [0.1, 0.15) is 5.75 Å². The van der Waals surface area contributed by atoms with Gasteiger partial charge in [-0.25, -0.2) is 9.59 Å². The lowest BCUT2D eigenvalue weighted by Gasteiger charge is -2.28. The fraction of sp³-hybridized carbons (Fsp3) is 0.286. The highest BCUT2D eigenvalue weighted by Crippen LogP contribution is 2.36. The summed E-state index contributed by atoms with van der Waals surface area (Å²) in [5.74, 6) is -0.0762. The Bertz CT molecular complexity index is 627. The summed E-state index contributed by atoms with van der Waals surface area (Å²) in [4.78, 5) is 23.7. The van der Waals surface area contributed by atoms with E-state index in [1.165, 1.54) is 14.2 Å². The first-order valence-electron chi connectivity index (χ1n) is 6.18. The number of esters is 1. The summed E-state index contributed by atoms with van der Waals surface area (Å²) in [7, 11) is 2.78. The number of carbonyl (C=O) groups is 2. The molecule has 1 atom stereocenters. The number of carbonyl (C=O) groups excluding carboxylic acids is 2. The van der Waals surface area contributed by atoms with Gasteiger partial charge in [-0.3, -0.25) is 0 Å². The second-order valence-corrected chi connectivity index (χ2v) is 4.80. The molecular formula is C14H15ClN2O4. The summed E-state index contributed by atoms with van der Waals surface area (Å²) in [6, 6.07) is 4.04. The van der Waals surface area contributed by atoms with Crippen LogP contribution in [-0.4, -0.2) is 26.2 Å². The number of rotatable bonds is 3. The van der Waals surface area contributed by atoms with Crippen LogP contribution < -0.4 is 15.4 Å². The van der Waals surface area contributed by atoms with E-state index in [0.717, 1.165) is 0 Å². The van der Waals surface area contributed by atoms with Crippen LogP contribution in [0.25, 0.3) is 0 Å². The van der Waals surface area contributed by atoms with E-state index in [-0.39, 0.29) is 0 Å². The van der Waals surface area contributed by atoms with Gasteiger partial charge >= 0.3 is 12.0 Å². The molecule has 1 heterocycles. The smallest absolute Gasteiger partial charge is 0.337 e. The molecule has 0 saturated heterocycles. The maximum atomic E-state index is 12.0. The first-order valence-corrected chi connectivity index (χ1v) is 6.56. The third-order valence-corrected chi connectivity index (χ3v) is 3.60. The molecule has 2 rings (SSSR count). The highest BCUT2D eigenvalue weighted by Gasteiger charge is 2.33. The maximum absolute atomic E-state index is 12.0. The average Bonchev–Trinajstić information content (AvgIpc) is 2.46. The molecule has 7 heteroatoms. The first kappa shape index (κ1) is 15.2. The van der Waals surface area contributed by atoms with Crippen molar-refractivity contribution in [2.24, 2.45) is 0 Å². The Morgan fingerprint density at radius 1 is 1.33 bits per heavy atom. The highest BCUT2D eigenvalue weighted by atomic mass is 35.5. The van der Waals surface area contributed by atoms with Crippen LogP contribution >= 0.6 is 11.6 Å². The van der Waals surface area contributed by atoms with Crippen molar-refractivity contribution in [3.63, 3.8) is 0 Å². The van der Waals surface area contributed by atoms with E-state index in [0.29, 0.717) is 27.6 Å². The molecule has 21 heavy (non-hydrogen) atoms. The molecule has 0 aromatic heterocycles. The van der Waals surface area contributed by atoms with Crippen molar-refractivity contribution in [3.8, 4) is 5.75 Å². The van der Waals surface area contributed by atoms with Crippen LogP contribution in [0.3, 0.4) is 0 Å². The van der Waals surface area contributed by atoms with E-state index in [4.69, 9.17) is 21.1 Å². The van der Waals surface area contributed by atoms with Crippen LogP contribution in [0.5, 0.6) is 5.75 Å². The summed E-state index contributed by atoms with van der Waals surface area (Å²) >= 11 is 6.28. The van der Waals surface area contributed by atoms with Crippen LogP contribution in [0, 0.1) is 0 Å². The second kappa shape index (κ2) is 6.05. The lowest BCUT2D eigenvalue weighted by Crippen LogP contribution is -2.45. The molecule has 0 fully saturated rings. The zero-order valence-corrected chi connectivity index (χ0v) is 12.6. The second-order valence-electron chi connectivity index (χ2n) is 4.43. The molecule has 1 unspecified atom stereocenters. The van der Waals surface area contributed by atoms with Gasteiger partial charge in [-0.15, -0.1) is 0 Å². The van der Waals surface area contributed by atoms with E-state index in [1.807, 2.05) is 0 Å². The third kappa shape index (κ3) is 2.80. The van der Waals surface area contributed by atoms with Crippen molar-refractivity contribution in [1.82, 2.24) is 10.6 Å². The number of ether oxygens (including phenoxy) is 2. The SMILES string of the molecule is COC(=O)C1=C(C)NC(=O)NC1c1cccc(OC)c1Cl. The molecule has 0 radical (unpaired) electrons. The Balaban J connectivity index is 2.57. The monoisotopic (exact) mass is 310 g/mol. The van der Waals surface area contributed by atoms with E-state index < -0.39 is 18.0 Å². The quantitative estimate of drug-likeness (QED) is 0.839. The van der Waals surface area contributed by atoms with Gasteiger partial charge in [-0.05, 0) is 13.0 Å². The van der Waals surface area contributed by atoms with Crippen LogP contribution in [0.15, 0.2) is 29.5 Å². The van der Waals surface area contributed by atoms with Crippen molar-refractivity contribution >= 4 is 23.6 Å². The number of benzene rings is 1. The summed E-state index contributed by atoms with van der Waals surface area (Å²) in [5.41, 5.74) is 1.28. The molecule has 0 bridgehead atoms. The molecule has 2 N–H and O–H groups in total. The Kier molecular flexibility index (Phi) is 4.37. The van der Waals surface area contributed by atoms with Gasteiger partial charge in [-0.1, -0.05) is 23.7 Å². The van der Waals surface area contributed by atoms with Gasteiger partial charge < -0.3 is 20.1 Å². The number of nitrogens with one attached hydrogen (secondary N) is 2. The lowest BCUT2D eigenvalue weighted by molar-refractivity contribution is -0.136. The van der Waals surface area contributed by atoms with Gasteiger partial charge in [0.05, 0.1) is 30.9 Å². The van der Waals surface area contributed by atoms with Crippen molar-refractivity contribution in [3.05, 3.63) is 40.1 Å². The molecule has 1 aromatic carbocycles. The average molecular weight is 311 g/mol. The molecule has 0 spiro atoms. The molecule has 1 aliphatic rings. The maximum Gasteiger partial charge on any atom is 0.337 e. The number of methoxy groups -OCH3 is 2. The van der Waals surface area contributed by atoms with Gasteiger partial charge in [-0.2, -0.15) is 0 Å². The molecule has 1 aromatic rings. The first-order chi connectivity index (χ1) is 9.99. The van der Waals surface area contributed by atoms with Crippen LogP contribution in [-0.2, 0) is 9.53 Å². The standard InChI is InChI=1S/C14H15ClN2O4/c1-7-10(13(18)21-3)12(17-14(19)16-7)8-5-4-6-9(20-2)11(8)15/h4-6,12H,1-3H3,(H2,16,17,19). The van der Waals surface area contributed by atoms with Crippen LogP contribution in [0.4, 0.5) is 4.79 Å². The van der Waals surface area contributed by atoms with Crippen LogP contribution in [0.1, 0.15) is 18.5 Å². The molecular weight excluding hydrogens is 296 g/mol. The number of hydrogen-bond donors (Lipinski definition) is 2. The number of hydrogen-bond acceptors (Lipinski definition) is 4. The lowest BCUT2D eigenvalue weighted by atomic mass is 9.95. The van der Waals surface area contributed by atoms with Crippen molar-refractivity contribution in [2.45, 2.75) is 13.0 Å². The Morgan fingerprint density at radius 2 is 2.05 bits per heavy atom. The predicted octanol–water partition coefficient (Wildman–Crippen LogP) is 2.15. The molecule has 6 nitrogen and oxygen atoms in total. The van der Waals surface area contributed by atoms with Crippen LogP contribution in [0.2, 0.25) is 5.02 Å². The fourth-order valence-corrected chi connectivity index (χ4v) is 2.53. The fourth-order valence-electron chi connectivity index (χ4n) is 2.22. The minimum absolute atomic E-state index is 0.298. The Morgan fingerprint density at radius 3 is 2.67 bits per heavy atom. The number of urea groups is 1. The van der Waals surface area contributed by atoms with E-state index in [1.54, 1.807) is 25.1 Å². The van der Waals surface area contributed by atoms with Gasteiger partial charge in [0.2, 0.25) is 0 Å². The largest absolute Gasteiger partial charge is 0.495 e. The zero-order chi connectivity index (χ0) is 15.6. The summed E-state index contributed by atoms with van der Waals surface area (Å²) in [5, 5.41) is 5.55. The van der Waals surface area contributed by atoms with Gasteiger partial charge in [0, 0.05) is 11.3 Å². The molecule has 0 aliphatic carbocycles. The zero-order valence-electron chi connectivity index (χ0n) is 11.8. The Hall–Kier alpha value is -2.21. The number of halogens is 1. The van der Waals surface area contributed by atoms with E-state index >= 15 is 0 Å². The van der Waals surface area contributed by atoms with Gasteiger partial charge in [0.25, 0.3) is 0 Å². The minimum Gasteiger partial charge on any atom is -0.495 e. The van der Waals surface area contributed by atoms with E-state index in [9.17, 15) is 9.59 Å². The molecule has 112 valence electrons. The van der Waals surface area contributed by atoms with Crippen molar-refractivity contribution < 1.29 is 19.1 Å². The molecule has 1 aliphatic heterocycles. The van der Waals surface area contributed by atoms with E-state index in [2.05, 4.69) is 10.6 Å².